The zero-order valence-electron chi connectivity index (χ0n) is 8.76. The highest BCUT2D eigenvalue weighted by Gasteiger charge is 2.41. The van der Waals surface area contributed by atoms with Crippen LogP contribution >= 0.6 is 0 Å². The van der Waals surface area contributed by atoms with Crippen molar-refractivity contribution in [3.63, 3.8) is 0 Å². The van der Waals surface area contributed by atoms with E-state index in [4.69, 9.17) is 5.11 Å². The minimum absolute atomic E-state index is 0.254. The second-order valence-corrected chi connectivity index (χ2v) is 4.57. The average molecular weight is 219 g/mol. The van der Waals surface area contributed by atoms with E-state index in [-0.39, 0.29) is 17.7 Å². The van der Waals surface area contributed by atoms with Crippen LogP contribution in [0.3, 0.4) is 0 Å². The second-order valence-electron chi connectivity index (χ2n) is 4.57. The molecule has 3 rings (SSSR count). The van der Waals surface area contributed by atoms with Crippen molar-refractivity contribution >= 4 is 11.7 Å². The molecule has 2 aliphatic heterocycles. The Morgan fingerprint density at radius 1 is 1.44 bits per heavy atom. The van der Waals surface area contributed by atoms with E-state index in [0.717, 1.165) is 17.7 Å². The number of carboxylic acids is 1. The van der Waals surface area contributed by atoms with Gasteiger partial charge in [-0.25, -0.2) is 0 Å². The molecule has 0 bridgehead atoms. The Kier molecular flexibility index (Phi) is 1.87. The van der Waals surface area contributed by atoms with Gasteiger partial charge in [0.15, 0.2) is 0 Å². The maximum Gasteiger partial charge on any atom is 0.308 e. The van der Waals surface area contributed by atoms with Gasteiger partial charge in [-0.1, -0.05) is 12.1 Å². The molecule has 0 saturated carbocycles. The summed E-state index contributed by atoms with van der Waals surface area (Å²) in [6.07, 6.45) is 1.54. The molecule has 1 aromatic rings. The van der Waals surface area contributed by atoms with Crippen LogP contribution in [0.25, 0.3) is 0 Å². The first-order valence-electron chi connectivity index (χ1n) is 5.47. The first-order chi connectivity index (χ1) is 7.66. The third-order valence-electron chi connectivity index (χ3n) is 3.60. The molecule has 0 spiro atoms. The third kappa shape index (κ3) is 1.19. The van der Waals surface area contributed by atoms with Gasteiger partial charge in [-0.15, -0.1) is 0 Å². The average Bonchev–Trinajstić information content (AvgIpc) is 2.73. The van der Waals surface area contributed by atoms with Crippen LogP contribution in [0.4, 0.5) is 5.69 Å². The molecule has 4 heteroatoms. The SMILES string of the molecule is O=C(O)C1CC2Cc3cccc(O)c3N2C1. The zero-order chi connectivity index (χ0) is 11.3. The van der Waals surface area contributed by atoms with Gasteiger partial charge >= 0.3 is 5.97 Å². The number of para-hydroxylation sites is 1. The lowest BCUT2D eigenvalue weighted by atomic mass is 10.0. The Hall–Kier alpha value is -1.71. The standard InChI is InChI=1S/C12H13NO3/c14-10-3-1-2-7-4-9-5-8(12(15)16)6-13(9)11(7)10/h1-3,8-9,14H,4-6H2,(H,15,16). The predicted molar refractivity (Wildman–Crippen MR) is 58.7 cm³/mol. The summed E-state index contributed by atoms with van der Waals surface area (Å²) in [6.45, 7) is 0.518. The van der Waals surface area contributed by atoms with Crippen molar-refractivity contribution in [2.45, 2.75) is 18.9 Å². The number of hydrogen-bond acceptors (Lipinski definition) is 3. The number of nitrogens with zero attached hydrogens (tertiary/aromatic N) is 1. The number of phenols is 1. The van der Waals surface area contributed by atoms with Crippen molar-refractivity contribution in [2.24, 2.45) is 5.92 Å². The van der Waals surface area contributed by atoms with Gasteiger partial charge in [0, 0.05) is 12.6 Å². The summed E-state index contributed by atoms with van der Waals surface area (Å²) in [7, 11) is 0. The summed E-state index contributed by atoms with van der Waals surface area (Å²) < 4.78 is 0. The maximum atomic E-state index is 10.9. The minimum Gasteiger partial charge on any atom is -0.506 e. The van der Waals surface area contributed by atoms with Crippen molar-refractivity contribution in [1.29, 1.82) is 0 Å². The third-order valence-corrected chi connectivity index (χ3v) is 3.60. The Balaban J connectivity index is 1.96. The summed E-state index contributed by atoms with van der Waals surface area (Å²) in [4.78, 5) is 13.0. The van der Waals surface area contributed by atoms with E-state index in [9.17, 15) is 9.90 Å². The largest absolute Gasteiger partial charge is 0.506 e. The van der Waals surface area contributed by atoms with Crippen LogP contribution in [0, 0.1) is 5.92 Å². The molecule has 1 fully saturated rings. The number of hydrogen-bond donors (Lipinski definition) is 2. The number of carbonyl (C=O) groups is 1. The predicted octanol–water partition coefficient (Wildman–Crippen LogP) is 1.23. The molecule has 2 atom stereocenters. The van der Waals surface area contributed by atoms with Crippen molar-refractivity contribution in [2.75, 3.05) is 11.4 Å². The highest BCUT2D eigenvalue weighted by atomic mass is 16.4. The normalized spacial score (nSPS) is 26.6. The van der Waals surface area contributed by atoms with Gasteiger partial charge in [0.1, 0.15) is 5.75 Å². The van der Waals surface area contributed by atoms with Gasteiger partial charge in [0.25, 0.3) is 0 Å². The van der Waals surface area contributed by atoms with Crippen molar-refractivity contribution < 1.29 is 15.0 Å². The molecule has 0 aromatic heterocycles. The summed E-state index contributed by atoms with van der Waals surface area (Å²) in [5.41, 5.74) is 1.98. The monoisotopic (exact) mass is 219 g/mol. The molecular weight excluding hydrogens is 206 g/mol. The van der Waals surface area contributed by atoms with Crippen LogP contribution in [0.15, 0.2) is 18.2 Å². The Morgan fingerprint density at radius 2 is 2.25 bits per heavy atom. The van der Waals surface area contributed by atoms with E-state index in [1.807, 2.05) is 17.0 Å². The topological polar surface area (TPSA) is 60.8 Å². The first kappa shape index (κ1) is 9.51. The van der Waals surface area contributed by atoms with Gasteiger partial charge in [-0.05, 0) is 24.5 Å². The Labute approximate surface area is 93.1 Å². The molecule has 0 amide bonds. The van der Waals surface area contributed by atoms with E-state index < -0.39 is 5.97 Å². The molecule has 16 heavy (non-hydrogen) atoms. The van der Waals surface area contributed by atoms with E-state index in [1.54, 1.807) is 6.07 Å². The molecule has 1 saturated heterocycles. The lowest BCUT2D eigenvalue weighted by Gasteiger charge is -2.19. The number of aliphatic carboxylic acids is 1. The molecule has 4 nitrogen and oxygen atoms in total. The maximum absolute atomic E-state index is 10.9. The van der Waals surface area contributed by atoms with Crippen LogP contribution in [0.2, 0.25) is 0 Å². The number of phenolic OH excluding ortho intramolecular Hbond substituents is 1. The first-order valence-corrected chi connectivity index (χ1v) is 5.47. The summed E-state index contributed by atoms with van der Waals surface area (Å²) in [5.74, 6) is -0.754. The van der Waals surface area contributed by atoms with Crippen LogP contribution in [0.5, 0.6) is 5.75 Å². The fourth-order valence-electron chi connectivity index (χ4n) is 2.89. The number of fused-ring (bicyclic) bond motifs is 3. The van der Waals surface area contributed by atoms with Gasteiger partial charge in [-0.2, -0.15) is 0 Å². The quantitative estimate of drug-likeness (QED) is 0.745. The summed E-state index contributed by atoms with van der Waals surface area (Å²) >= 11 is 0. The molecular formula is C12H13NO3. The number of carboxylic acid groups (broad SMARTS) is 1. The van der Waals surface area contributed by atoms with Crippen LogP contribution in [-0.4, -0.2) is 28.8 Å². The van der Waals surface area contributed by atoms with Gasteiger partial charge in [-0.3, -0.25) is 4.79 Å². The van der Waals surface area contributed by atoms with Crippen molar-refractivity contribution in [3.05, 3.63) is 23.8 Å². The Bertz CT molecular complexity index is 458. The highest BCUT2D eigenvalue weighted by Crippen LogP contribution is 2.44. The van der Waals surface area contributed by atoms with E-state index >= 15 is 0 Å². The molecule has 1 aromatic carbocycles. The molecule has 0 radical (unpaired) electrons. The van der Waals surface area contributed by atoms with Crippen LogP contribution < -0.4 is 4.90 Å². The van der Waals surface area contributed by atoms with Gasteiger partial charge in [0.05, 0.1) is 11.6 Å². The van der Waals surface area contributed by atoms with E-state index in [0.29, 0.717) is 13.0 Å². The lowest BCUT2D eigenvalue weighted by Crippen LogP contribution is -2.25. The van der Waals surface area contributed by atoms with Crippen LogP contribution in [-0.2, 0) is 11.2 Å². The number of anilines is 1. The van der Waals surface area contributed by atoms with E-state index in [2.05, 4.69) is 0 Å². The molecule has 2 aliphatic rings. The molecule has 2 heterocycles. The van der Waals surface area contributed by atoms with Crippen molar-refractivity contribution in [3.8, 4) is 5.75 Å². The summed E-state index contributed by atoms with van der Waals surface area (Å²) in [6, 6.07) is 5.76. The fourth-order valence-corrected chi connectivity index (χ4v) is 2.89. The molecule has 2 N–H and O–H groups in total. The number of aromatic hydroxyl groups is 1. The lowest BCUT2D eigenvalue weighted by molar-refractivity contribution is -0.141. The highest BCUT2D eigenvalue weighted by molar-refractivity contribution is 5.75. The molecule has 2 unspecified atom stereocenters. The second kappa shape index (κ2) is 3.14. The smallest absolute Gasteiger partial charge is 0.308 e. The number of benzene rings is 1. The van der Waals surface area contributed by atoms with Gasteiger partial charge < -0.3 is 15.1 Å². The Morgan fingerprint density at radius 3 is 3.00 bits per heavy atom. The van der Waals surface area contributed by atoms with Crippen molar-refractivity contribution in [1.82, 2.24) is 0 Å². The van der Waals surface area contributed by atoms with E-state index in [1.165, 1.54) is 0 Å². The summed E-state index contributed by atoms with van der Waals surface area (Å²) in [5, 5.41) is 18.8. The molecule has 84 valence electrons. The minimum atomic E-state index is -0.730. The number of rotatable bonds is 1. The van der Waals surface area contributed by atoms with Crippen LogP contribution in [0.1, 0.15) is 12.0 Å². The molecule has 0 aliphatic carbocycles. The van der Waals surface area contributed by atoms with Gasteiger partial charge in [0.2, 0.25) is 0 Å². The zero-order valence-corrected chi connectivity index (χ0v) is 8.76. The fraction of sp³-hybridized carbons (Fsp3) is 0.417.